The monoisotopic (exact) mass is 266 g/mol. The zero-order valence-electron chi connectivity index (χ0n) is 10.4. The minimum atomic E-state index is -0.0874. The number of halogens is 1. The van der Waals surface area contributed by atoms with Gasteiger partial charge in [-0.3, -0.25) is 0 Å². The minimum Gasteiger partial charge on any atom is -0.439 e. The first-order chi connectivity index (χ1) is 8.65. The van der Waals surface area contributed by atoms with Crippen molar-refractivity contribution in [3.8, 4) is 11.6 Å². The molecule has 0 unspecified atom stereocenters. The number of aryl methyl sites for hydroxylation is 1. The standard InChI is InChI=1S/C13H15ClN2O2/c1-3-11-12(8-17)15-16(2)13(11)18-10-6-4-5-9(14)7-10/h4-7,17H,3,8H2,1-2H3. The number of nitrogens with zero attached hydrogens (tertiary/aromatic N) is 2. The van der Waals surface area contributed by atoms with Crippen molar-refractivity contribution in [2.75, 3.05) is 0 Å². The van der Waals surface area contributed by atoms with Crippen molar-refractivity contribution in [2.24, 2.45) is 7.05 Å². The van der Waals surface area contributed by atoms with E-state index in [4.69, 9.17) is 16.3 Å². The molecule has 0 fully saturated rings. The normalized spacial score (nSPS) is 10.7. The van der Waals surface area contributed by atoms with Crippen LogP contribution >= 0.6 is 11.6 Å². The molecule has 1 aromatic heterocycles. The molecule has 0 saturated carbocycles. The van der Waals surface area contributed by atoms with Gasteiger partial charge in [0.25, 0.3) is 0 Å². The average molecular weight is 267 g/mol. The second-order valence-corrected chi connectivity index (χ2v) is 4.36. The zero-order valence-corrected chi connectivity index (χ0v) is 11.1. The van der Waals surface area contributed by atoms with Crippen molar-refractivity contribution in [3.63, 3.8) is 0 Å². The average Bonchev–Trinajstić information content (AvgIpc) is 2.66. The lowest BCUT2D eigenvalue weighted by molar-refractivity contribution is 0.274. The van der Waals surface area contributed by atoms with Gasteiger partial charge in [-0.15, -0.1) is 0 Å². The molecular formula is C13H15ClN2O2. The molecule has 18 heavy (non-hydrogen) atoms. The van der Waals surface area contributed by atoms with Crippen LogP contribution in [0, 0.1) is 0 Å². The fourth-order valence-electron chi connectivity index (χ4n) is 1.86. The Hall–Kier alpha value is -1.52. The van der Waals surface area contributed by atoms with E-state index in [2.05, 4.69) is 5.10 Å². The van der Waals surface area contributed by atoms with E-state index in [1.165, 1.54) is 0 Å². The molecular weight excluding hydrogens is 252 g/mol. The van der Waals surface area contributed by atoms with E-state index >= 15 is 0 Å². The fourth-order valence-corrected chi connectivity index (χ4v) is 2.04. The fraction of sp³-hybridized carbons (Fsp3) is 0.308. The van der Waals surface area contributed by atoms with E-state index in [1.54, 1.807) is 23.9 Å². The van der Waals surface area contributed by atoms with Gasteiger partial charge in [0.1, 0.15) is 5.75 Å². The summed E-state index contributed by atoms with van der Waals surface area (Å²) < 4.78 is 7.43. The van der Waals surface area contributed by atoms with Crippen molar-refractivity contribution in [1.82, 2.24) is 9.78 Å². The maximum absolute atomic E-state index is 9.25. The van der Waals surface area contributed by atoms with Gasteiger partial charge in [-0.25, -0.2) is 4.68 Å². The lowest BCUT2D eigenvalue weighted by atomic mass is 10.2. The third-order valence-electron chi connectivity index (χ3n) is 2.69. The molecule has 2 rings (SSSR count). The van der Waals surface area contributed by atoms with E-state index < -0.39 is 0 Å². The van der Waals surface area contributed by atoms with E-state index in [9.17, 15) is 5.11 Å². The minimum absolute atomic E-state index is 0.0874. The Kier molecular flexibility index (Phi) is 3.89. The molecule has 0 aliphatic heterocycles. The first kappa shape index (κ1) is 12.9. The zero-order chi connectivity index (χ0) is 13.1. The van der Waals surface area contributed by atoms with Gasteiger partial charge in [0.05, 0.1) is 12.3 Å². The third-order valence-corrected chi connectivity index (χ3v) is 2.92. The summed E-state index contributed by atoms with van der Waals surface area (Å²) in [6.45, 7) is 1.91. The number of aliphatic hydroxyl groups is 1. The highest BCUT2D eigenvalue weighted by atomic mass is 35.5. The number of ether oxygens (including phenoxy) is 1. The van der Waals surface area contributed by atoms with Crippen LogP contribution in [0.1, 0.15) is 18.2 Å². The molecule has 0 amide bonds. The van der Waals surface area contributed by atoms with E-state index in [-0.39, 0.29) is 6.61 Å². The van der Waals surface area contributed by atoms with Crippen LogP contribution in [0.2, 0.25) is 5.02 Å². The molecule has 0 aliphatic rings. The smallest absolute Gasteiger partial charge is 0.221 e. The van der Waals surface area contributed by atoms with E-state index in [0.717, 1.165) is 12.0 Å². The Balaban J connectivity index is 2.36. The third kappa shape index (κ3) is 2.49. The molecule has 0 aliphatic carbocycles. The summed E-state index contributed by atoms with van der Waals surface area (Å²) in [5, 5.41) is 14.1. The number of aliphatic hydroxyl groups excluding tert-OH is 1. The van der Waals surface area contributed by atoms with E-state index in [1.807, 2.05) is 19.1 Å². The van der Waals surface area contributed by atoms with Gasteiger partial charge >= 0.3 is 0 Å². The molecule has 96 valence electrons. The van der Waals surface area contributed by atoms with Gasteiger partial charge in [-0.2, -0.15) is 5.10 Å². The number of rotatable bonds is 4. The molecule has 0 atom stereocenters. The summed E-state index contributed by atoms with van der Waals surface area (Å²) in [5.41, 5.74) is 1.57. The van der Waals surface area contributed by atoms with Gasteiger partial charge < -0.3 is 9.84 Å². The van der Waals surface area contributed by atoms with Gasteiger partial charge in [-0.1, -0.05) is 24.6 Å². The molecule has 2 aromatic rings. The second-order valence-electron chi connectivity index (χ2n) is 3.93. The lowest BCUT2D eigenvalue weighted by Crippen LogP contribution is -1.96. The summed E-state index contributed by atoms with van der Waals surface area (Å²) >= 11 is 5.91. The lowest BCUT2D eigenvalue weighted by Gasteiger charge is -2.08. The second kappa shape index (κ2) is 5.42. The number of hydrogen-bond acceptors (Lipinski definition) is 3. The van der Waals surface area contributed by atoms with Crippen LogP contribution in [0.3, 0.4) is 0 Å². The molecule has 5 heteroatoms. The van der Waals surface area contributed by atoms with Gasteiger partial charge in [0, 0.05) is 17.6 Å². The number of aromatic nitrogens is 2. The molecule has 0 radical (unpaired) electrons. The molecule has 0 saturated heterocycles. The maximum Gasteiger partial charge on any atom is 0.221 e. The highest BCUT2D eigenvalue weighted by Crippen LogP contribution is 2.29. The van der Waals surface area contributed by atoms with Crippen LogP contribution in [0.4, 0.5) is 0 Å². The molecule has 1 aromatic carbocycles. The Morgan fingerprint density at radius 3 is 2.83 bits per heavy atom. The predicted molar refractivity (Wildman–Crippen MR) is 70.0 cm³/mol. The van der Waals surface area contributed by atoms with Crippen molar-refractivity contribution in [3.05, 3.63) is 40.5 Å². The van der Waals surface area contributed by atoms with Crippen molar-refractivity contribution in [1.29, 1.82) is 0 Å². The summed E-state index contributed by atoms with van der Waals surface area (Å²) in [5.74, 6) is 1.30. The van der Waals surface area contributed by atoms with Crippen molar-refractivity contribution < 1.29 is 9.84 Å². The largest absolute Gasteiger partial charge is 0.439 e. The SMILES string of the molecule is CCc1c(CO)nn(C)c1Oc1cccc(Cl)c1. The summed E-state index contributed by atoms with van der Waals surface area (Å²) in [6.07, 6.45) is 0.750. The predicted octanol–water partition coefficient (Wildman–Crippen LogP) is 2.92. The van der Waals surface area contributed by atoms with Crippen LogP contribution in [0.25, 0.3) is 0 Å². The summed E-state index contributed by atoms with van der Waals surface area (Å²) in [7, 11) is 1.79. The van der Waals surface area contributed by atoms with Gasteiger partial charge in [0.2, 0.25) is 5.88 Å². The van der Waals surface area contributed by atoms with Crippen LogP contribution < -0.4 is 4.74 Å². The van der Waals surface area contributed by atoms with Gasteiger partial charge in [0.15, 0.2) is 0 Å². The molecule has 1 N–H and O–H groups in total. The number of hydrogen-bond donors (Lipinski definition) is 1. The van der Waals surface area contributed by atoms with Gasteiger partial charge in [-0.05, 0) is 24.6 Å². The molecule has 0 bridgehead atoms. The van der Waals surface area contributed by atoms with E-state index in [0.29, 0.717) is 22.3 Å². The Labute approximate surface area is 111 Å². The Morgan fingerprint density at radius 2 is 2.22 bits per heavy atom. The van der Waals surface area contributed by atoms with Crippen LogP contribution in [-0.2, 0) is 20.1 Å². The number of benzene rings is 1. The van der Waals surface area contributed by atoms with Crippen molar-refractivity contribution >= 4 is 11.6 Å². The molecule has 4 nitrogen and oxygen atoms in total. The molecule has 1 heterocycles. The quantitative estimate of drug-likeness (QED) is 0.926. The summed E-state index contributed by atoms with van der Waals surface area (Å²) in [4.78, 5) is 0. The summed E-state index contributed by atoms with van der Waals surface area (Å²) in [6, 6.07) is 7.19. The van der Waals surface area contributed by atoms with Crippen LogP contribution in [-0.4, -0.2) is 14.9 Å². The Bertz CT molecular complexity index is 552. The van der Waals surface area contributed by atoms with Crippen LogP contribution in [0.15, 0.2) is 24.3 Å². The van der Waals surface area contributed by atoms with Crippen LogP contribution in [0.5, 0.6) is 11.6 Å². The highest BCUT2D eigenvalue weighted by Gasteiger charge is 2.15. The first-order valence-corrected chi connectivity index (χ1v) is 6.12. The first-order valence-electron chi connectivity index (χ1n) is 5.74. The Morgan fingerprint density at radius 1 is 1.44 bits per heavy atom. The van der Waals surface area contributed by atoms with Crippen molar-refractivity contribution in [2.45, 2.75) is 20.0 Å². The maximum atomic E-state index is 9.25. The topological polar surface area (TPSA) is 47.3 Å². The highest BCUT2D eigenvalue weighted by molar-refractivity contribution is 6.30. The molecule has 0 spiro atoms.